The van der Waals surface area contributed by atoms with Gasteiger partial charge in [-0.2, -0.15) is 5.10 Å². The number of nitro groups is 2. The molecule has 150 valence electrons. The zero-order chi connectivity index (χ0) is 21.5. The number of hydrogen-bond acceptors (Lipinski definition) is 6. The first kappa shape index (κ1) is 20.4. The van der Waals surface area contributed by atoms with Crippen molar-refractivity contribution >= 4 is 28.3 Å². The summed E-state index contributed by atoms with van der Waals surface area (Å²) in [6.45, 7) is 1.95. The zero-order valence-corrected chi connectivity index (χ0v) is 16.1. The van der Waals surface area contributed by atoms with Crippen LogP contribution in [0, 0.1) is 20.2 Å². The first-order chi connectivity index (χ1) is 14.5. The van der Waals surface area contributed by atoms with Crippen LogP contribution in [0.1, 0.15) is 18.1 Å². The van der Waals surface area contributed by atoms with E-state index in [-0.39, 0.29) is 11.4 Å². The Labute approximate surface area is 172 Å². The third kappa shape index (κ3) is 4.93. The van der Waals surface area contributed by atoms with Gasteiger partial charge in [0, 0.05) is 11.6 Å². The van der Waals surface area contributed by atoms with Gasteiger partial charge in [0.2, 0.25) is 0 Å². The van der Waals surface area contributed by atoms with Gasteiger partial charge in [-0.1, -0.05) is 60.7 Å². The van der Waals surface area contributed by atoms with Crippen molar-refractivity contribution < 1.29 is 9.85 Å². The first-order valence-corrected chi connectivity index (χ1v) is 9.01. The standard InChI is InChI=1S/C22H18N4O4/c1-16(17-8-4-2-5-9-17)14-21(18-10-6-3-7-11-18)24-23-20-13-12-19(25(27)28)15-22(20)26(29)30/h2-15,23H,1H3/b16-14?,24-21-. The summed E-state index contributed by atoms with van der Waals surface area (Å²) in [5.41, 5.74) is 5.31. The minimum atomic E-state index is -0.682. The molecule has 0 saturated heterocycles. The summed E-state index contributed by atoms with van der Waals surface area (Å²) in [4.78, 5) is 20.9. The second kappa shape index (κ2) is 9.24. The molecule has 0 fully saturated rings. The number of hydrazone groups is 1. The molecule has 8 nitrogen and oxygen atoms in total. The Morgan fingerprint density at radius 2 is 1.47 bits per heavy atom. The van der Waals surface area contributed by atoms with Crippen molar-refractivity contribution in [2.24, 2.45) is 5.10 Å². The highest BCUT2D eigenvalue weighted by Gasteiger charge is 2.19. The van der Waals surface area contributed by atoms with E-state index in [1.165, 1.54) is 12.1 Å². The van der Waals surface area contributed by atoms with Crippen LogP contribution in [0.3, 0.4) is 0 Å². The van der Waals surface area contributed by atoms with Crippen molar-refractivity contribution in [3.63, 3.8) is 0 Å². The van der Waals surface area contributed by atoms with E-state index in [0.29, 0.717) is 5.71 Å². The van der Waals surface area contributed by atoms with Crippen molar-refractivity contribution in [2.45, 2.75) is 6.92 Å². The number of allylic oxidation sites excluding steroid dienone is 2. The minimum Gasteiger partial charge on any atom is -0.271 e. The van der Waals surface area contributed by atoms with Crippen LogP contribution in [0.15, 0.2) is 90.0 Å². The number of rotatable bonds is 7. The molecule has 0 radical (unpaired) electrons. The maximum absolute atomic E-state index is 11.4. The van der Waals surface area contributed by atoms with E-state index in [9.17, 15) is 20.2 Å². The maximum atomic E-state index is 11.4. The number of benzene rings is 3. The molecule has 0 spiro atoms. The number of nitrogens with zero attached hydrogens (tertiary/aromatic N) is 3. The number of anilines is 1. The Morgan fingerprint density at radius 3 is 2.03 bits per heavy atom. The fourth-order valence-corrected chi connectivity index (χ4v) is 2.78. The van der Waals surface area contributed by atoms with E-state index < -0.39 is 15.5 Å². The second-order valence-electron chi connectivity index (χ2n) is 6.38. The predicted octanol–water partition coefficient (Wildman–Crippen LogP) is 5.42. The Kier molecular flexibility index (Phi) is 6.29. The third-order valence-corrected chi connectivity index (χ3v) is 4.34. The quantitative estimate of drug-likeness (QED) is 0.322. The van der Waals surface area contributed by atoms with Gasteiger partial charge in [0.05, 0.1) is 21.6 Å². The first-order valence-electron chi connectivity index (χ1n) is 9.01. The van der Waals surface area contributed by atoms with E-state index >= 15 is 0 Å². The summed E-state index contributed by atoms with van der Waals surface area (Å²) in [5.74, 6) is 0. The lowest BCUT2D eigenvalue weighted by atomic mass is 10.0. The number of nitrogens with one attached hydrogen (secondary N) is 1. The fraction of sp³-hybridized carbons (Fsp3) is 0.0455. The summed E-state index contributed by atoms with van der Waals surface area (Å²) < 4.78 is 0. The molecule has 3 aromatic carbocycles. The molecule has 0 unspecified atom stereocenters. The van der Waals surface area contributed by atoms with Crippen LogP contribution < -0.4 is 5.43 Å². The van der Waals surface area contributed by atoms with Crippen LogP contribution >= 0.6 is 0 Å². The van der Waals surface area contributed by atoms with Crippen LogP contribution in [0.5, 0.6) is 0 Å². The van der Waals surface area contributed by atoms with E-state index in [0.717, 1.165) is 22.8 Å². The molecule has 0 aromatic heterocycles. The van der Waals surface area contributed by atoms with Crippen molar-refractivity contribution in [3.8, 4) is 0 Å². The van der Waals surface area contributed by atoms with Gasteiger partial charge in [-0.05, 0) is 30.2 Å². The second-order valence-corrected chi connectivity index (χ2v) is 6.38. The van der Waals surface area contributed by atoms with E-state index in [1.54, 1.807) is 0 Å². The van der Waals surface area contributed by atoms with Crippen LogP contribution in [-0.2, 0) is 0 Å². The smallest absolute Gasteiger partial charge is 0.271 e. The Bertz CT molecular complexity index is 1130. The summed E-state index contributed by atoms with van der Waals surface area (Å²) in [6.07, 6.45) is 1.87. The Balaban J connectivity index is 2.01. The van der Waals surface area contributed by atoms with Crippen molar-refractivity contribution in [1.82, 2.24) is 0 Å². The molecule has 0 amide bonds. The van der Waals surface area contributed by atoms with Gasteiger partial charge >= 0.3 is 5.69 Å². The molecule has 0 bridgehead atoms. The van der Waals surface area contributed by atoms with Crippen LogP contribution in [0.4, 0.5) is 17.1 Å². The normalized spacial score (nSPS) is 11.8. The molecule has 0 aliphatic heterocycles. The average Bonchev–Trinajstić information content (AvgIpc) is 2.77. The maximum Gasteiger partial charge on any atom is 0.301 e. The van der Waals surface area contributed by atoms with Crippen LogP contribution in [-0.4, -0.2) is 15.6 Å². The van der Waals surface area contributed by atoms with Crippen molar-refractivity contribution in [3.05, 3.63) is 116 Å². The third-order valence-electron chi connectivity index (χ3n) is 4.34. The molecule has 8 heteroatoms. The minimum absolute atomic E-state index is 0.0600. The molecular formula is C22H18N4O4. The summed E-state index contributed by atoms with van der Waals surface area (Å²) in [6, 6.07) is 22.5. The zero-order valence-electron chi connectivity index (χ0n) is 16.1. The summed E-state index contributed by atoms with van der Waals surface area (Å²) in [7, 11) is 0. The number of non-ortho nitro benzene ring substituents is 1. The highest BCUT2D eigenvalue weighted by Crippen LogP contribution is 2.29. The lowest BCUT2D eigenvalue weighted by molar-refractivity contribution is -0.393. The van der Waals surface area contributed by atoms with E-state index in [4.69, 9.17) is 0 Å². The van der Waals surface area contributed by atoms with Gasteiger partial charge in [-0.25, -0.2) is 0 Å². The van der Waals surface area contributed by atoms with Crippen LogP contribution in [0.2, 0.25) is 0 Å². The lowest BCUT2D eigenvalue weighted by Crippen LogP contribution is -2.04. The Morgan fingerprint density at radius 1 is 0.867 bits per heavy atom. The predicted molar refractivity (Wildman–Crippen MR) is 116 cm³/mol. The molecule has 0 atom stereocenters. The monoisotopic (exact) mass is 402 g/mol. The van der Waals surface area contributed by atoms with Gasteiger partial charge < -0.3 is 0 Å². The average molecular weight is 402 g/mol. The van der Waals surface area contributed by atoms with Crippen molar-refractivity contribution in [2.75, 3.05) is 5.43 Å². The van der Waals surface area contributed by atoms with E-state index in [2.05, 4.69) is 10.5 Å². The van der Waals surface area contributed by atoms with Gasteiger partial charge in [0.1, 0.15) is 5.69 Å². The molecule has 0 aliphatic rings. The molecule has 3 aromatic rings. The highest BCUT2D eigenvalue weighted by molar-refractivity contribution is 6.12. The van der Waals surface area contributed by atoms with Gasteiger partial charge in [-0.3, -0.25) is 25.7 Å². The molecular weight excluding hydrogens is 384 g/mol. The topological polar surface area (TPSA) is 111 Å². The fourth-order valence-electron chi connectivity index (χ4n) is 2.78. The molecule has 1 N–H and O–H groups in total. The molecule has 3 rings (SSSR count). The van der Waals surface area contributed by atoms with E-state index in [1.807, 2.05) is 73.7 Å². The summed E-state index contributed by atoms with van der Waals surface area (Å²) >= 11 is 0. The number of nitro benzene ring substituents is 2. The molecule has 0 heterocycles. The molecule has 30 heavy (non-hydrogen) atoms. The largest absolute Gasteiger partial charge is 0.301 e. The van der Waals surface area contributed by atoms with Gasteiger partial charge in [0.15, 0.2) is 0 Å². The van der Waals surface area contributed by atoms with Crippen LogP contribution in [0.25, 0.3) is 5.57 Å². The van der Waals surface area contributed by atoms with Gasteiger partial charge in [0.25, 0.3) is 5.69 Å². The molecule has 0 saturated carbocycles. The molecule has 0 aliphatic carbocycles. The number of hydrogen-bond donors (Lipinski definition) is 1. The lowest BCUT2D eigenvalue weighted by Gasteiger charge is -2.07. The SMILES string of the molecule is CC(=C/C(=N/Nc1ccc([N+](=O)[O-])cc1[N+](=O)[O-])c1ccccc1)c1ccccc1. The Hall–Kier alpha value is -4.33. The van der Waals surface area contributed by atoms with Gasteiger partial charge in [-0.15, -0.1) is 0 Å². The van der Waals surface area contributed by atoms with Crippen molar-refractivity contribution in [1.29, 1.82) is 0 Å². The highest BCUT2D eigenvalue weighted by atomic mass is 16.6. The summed E-state index contributed by atoms with van der Waals surface area (Å²) in [5, 5.41) is 26.6.